The van der Waals surface area contributed by atoms with E-state index in [4.69, 9.17) is 9.47 Å². The second kappa shape index (κ2) is 13.0. The number of nitrogens with one attached hydrogen (secondary N) is 1. The van der Waals surface area contributed by atoms with Gasteiger partial charge in [-0.1, -0.05) is 53.7 Å². The maximum absolute atomic E-state index is 16.6. The van der Waals surface area contributed by atoms with Gasteiger partial charge in [0.1, 0.15) is 5.75 Å². The Balaban J connectivity index is 1.43. The molecule has 1 amide bonds. The summed E-state index contributed by atoms with van der Waals surface area (Å²) in [5.41, 5.74) is 5.27. The topological polar surface area (TPSA) is 58.7 Å². The summed E-state index contributed by atoms with van der Waals surface area (Å²) in [6.07, 6.45) is 7.72. The highest BCUT2D eigenvalue weighted by atomic mass is 19.2. The maximum Gasteiger partial charge on any atom is 0.737 e. The van der Waals surface area contributed by atoms with Crippen LogP contribution in [-0.2, 0) is 26.8 Å². The van der Waals surface area contributed by atoms with E-state index in [1.165, 1.54) is 4.49 Å². The second-order valence-corrected chi connectivity index (χ2v) is 14.6. The number of carbonyl (C=O) groups excluding carboxylic acids is 1. The van der Waals surface area contributed by atoms with Crippen molar-refractivity contribution in [1.29, 1.82) is 0 Å². The lowest BCUT2D eigenvalue weighted by molar-refractivity contribution is -0.361. The van der Waals surface area contributed by atoms with E-state index in [0.29, 0.717) is 42.6 Å². The molecule has 3 aliphatic heterocycles. The first-order valence-electron chi connectivity index (χ1n) is 16.4. The van der Waals surface area contributed by atoms with Crippen LogP contribution in [0, 0.1) is 0 Å². The van der Waals surface area contributed by atoms with Gasteiger partial charge < -0.3 is 32.4 Å². The van der Waals surface area contributed by atoms with Crippen molar-refractivity contribution in [2.75, 3.05) is 46.5 Å². The summed E-state index contributed by atoms with van der Waals surface area (Å²) in [6.45, 7) is 14.9. The van der Waals surface area contributed by atoms with Gasteiger partial charge in [-0.3, -0.25) is 9.69 Å². The van der Waals surface area contributed by atoms with E-state index in [1.807, 2.05) is 25.2 Å². The molecular formula is C36H49BF2N4O3. The number of carbonyl (C=O) groups is 1. The van der Waals surface area contributed by atoms with Crippen LogP contribution < -0.4 is 10.1 Å². The fourth-order valence-electron chi connectivity index (χ4n) is 6.72. The Kier molecular flexibility index (Phi) is 9.53. The fourth-order valence-corrected chi connectivity index (χ4v) is 6.72. The standard InChI is InChI=1S/C36H49BF2N4O3/c1-25-23-27(11-13-29-30(35(2,3)4)14-15-31(34(29)45-8)36(5,6)7)43-32(25)24-28-10-9-26(42(28)37(43,38)39)12-16-33(44)40-17-18-41-19-21-46-22-20-41/h9-11,13-15,23-24H,12,16-22H2,1-8H3,(H,40,44)/b13-11+. The lowest BCUT2D eigenvalue weighted by Crippen LogP contribution is -2.50. The molecule has 5 rings (SSSR count). The van der Waals surface area contributed by atoms with Gasteiger partial charge in [0.15, 0.2) is 11.4 Å². The van der Waals surface area contributed by atoms with Crippen LogP contribution in [0.2, 0.25) is 0 Å². The van der Waals surface area contributed by atoms with Gasteiger partial charge in [0.25, 0.3) is 0 Å². The second-order valence-electron chi connectivity index (χ2n) is 14.6. The van der Waals surface area contributed by atoms with E-state index in [9.17, 15) is 4.79 Å². The van der Waals surface area contributed by atoms with Gasteiger partial charge in [-0.15, -0.1) is 0 Å². The number of rotatable bonds is 9. The zero-order valence-corrected chi connectivity index (χ0v) is 28.7. The minimum atomic E-state index is -4.22. The molecule has 10 heteroatoms. The maximum atomic E-state index is 16.6. The number of methoxy groups -OCH3 is 1. The van der Waals surface area contributed by atoms with Crippen molar-refractivity contribution in [2.45, 2.75) is 72.1 Å². The number of allylic oxidation sites excluding steroid dienone is 3. The number of amides is 1. The quantitative estimate of drug-likeness (QED) is 0.335. The van der Waals surface area contributed by atoms with E-state index in [1.54, 1.807) is 25.3 Å². The first kappa shape index (κ1) is 33.9. The van der Waals surface area contributed by atoms with Gasteiger partial charge in [0.2, 0.25) is 5.91 Å². The molecule has 0 bridgehead atoms. The molecule has 1 fully saturated rings. The molecule has 0 aliphatic carbocycles. The smallest absolute Gasteiger partial charge is 0.496 e. The van der Waals surface area contributed by atoms with Crippen LogP contribution in [0.3, 0.4) is 0 Å². The van der Waals surface area contributed by atoms with Crippen molar-refractivity contribution in [2.24, 2.45) is 0 Å². The molecule has 1 aromatic carbocycles. The molecule has 0 spiro atoms. The monoisotopic (exact) mass is 634 g/mol. The zero-order chi connectivity index (χ0) is 33.4. The summed E-state index contributed by atoms with van der Waals surface area (Å²) in [7, 11) is 1.67. The van der Waals surface area contributed by atoms with E-state index >= 15 is 8.63 Å². The Hall–Kier alpha value is -3.50. The molecule has 0 unspecified atom stereocenters. The van der Waals surface area contributed by atoms with E-state index in [-0.39, 0.29) is 29.6 Å². The predicted molar refractivity (Wildman–Crippen MR) is 183 cm³/mol. The third-order valence-corrected chi connectivity index (χ3v) is 9.15. The van der Waals surface area contributed by atoms with Crippen LogP contribution in [0.25, 0.3) is 12.2 Å². The number of benzene rings is 1. The third kappa shape index (κ3) is 6.79. The fraction of sp³-hybridized carbons (Fsp3) is 0.500. The number of aryl methyl sites for hydroxylation is 1. The number of morpholine rings is 1. The highest BCUT2D eigenvalue weighted by molar-refractivity contribution is 6.58. The largest absolute Gasteiger partial charge is 0.737 e. The van der Waals surface area contributed by atoms with Gasteiger partial charge in [-0.05, 0) is 53.6 Å². The summed E-state index contributed by atoms with van der Waals surface area (Å²) < 4.78 is 46.9. The van der Waals surface area contributed by atoms with Crippen molar-refractivity contribution in [1.82, 2.24) is 14.7 Å². The van der Waals surface area contributed by atoms with E-state index in [0.717, 1.165) is 52.1 Å². The van der Waals surface area contributed by atoms with E-state index < -0.39 is 6.97 Å². The minimum absolute atomic E-state index is 0.137. The Morgan fingerprint density at radius 1 is 1.02 bits per heavy atom. The number of ether oxygens (including phenoxy) is 2. The molecule has 1 aromatic heterocycles. The molecule has 1 N–H and O–H groups in total. The zero-order valence-electron chi connectivity index (χ0n) is 28.7. The van der Waals surface area contributed by atoms with Gasteiger partial charge >= 0.3 is 6.97 Å². The Morgan fingerprint density at radius 2 is 1.70 bits per heavy atom. The molecule has 1 saturated heterocycles. The van der Waals surface area contributed by atoms with Crippen molar-refractivity contribution in [3.63, 3.8) is 0 Å². The Labute approximate surface area is 272 Å². The van der Waals surface area contributed by atoms with Gasteiger partial charge in [0, 0.05) is 73.2 Å². The molecule has 46 heavy (non-hydrogen) atoms. The average molecular weight is 635 g/mol. The summed E-state index contributed by atoms with van der Waals surface area (Å²) in [6, 6.07) is 7.69. The Bertz CT molecular complexity index is 1620. The molecule has 7 nitrogen and oxygen atoms in total. The van der Waals surface area contributed by atoms with E-state index in [2.05, 4.69) is 63.9 Å². The lowest BCUT2D eigenvalue weighted by atomic mass is 9.78. The Morgan fingerprint density at radius 3 is 2.35 bits per heavy atom. The average Bonchev–Trinajstić information content (AvgIpc) is 3.55. The normalized spacial score (nSPS) is 18.4. The van der Waals surface area contributed by atoms with Crippen LogP contribution in [0.15, 0.2) is 47.7 Å². The SMILES string of the molecule is COc1c(C(C)(C)C)ccc(C(C)(C)C)c1/C=C/C1=[N+]2C(=Cc3ccc(CCC(=O)NCCN4CCOCC4)n3[B-]2(F)F)C(C)=C1. The van der Waals surface area contributed by atoms with Crippen LogP contribution in [-0.4, -0.2) is 79.0 Å². The number of hydrogen-bond donors (Lipinski definition) is 1. The number of halogens is 2. The number of fused-ring (bicyclic) bond motifs is 2. The third-order valence-electron chi connectivity index (χ3n) is 9.15. The first-order chi connectivity index (χ1) is 21.6. The van der Waals surface area contributed by atoms with Crippen LogP contribution in [0.5, 0.6) is 5.75 Å². The van der Waals surface area contributed by atoms with Gasteiger partial charge in [-0.25, -0.2) is 0 Å². The summed E-state index contributed by atoms with van der Waals surface area (Å²) >= 11 is 0. The summed E-state index contributed by atoms with van der Waals surface area (Å²) in [5, 5.41) is 2.95. The molecule has 2 aromatic rings. The number of nitrogens with zero attached hydrogens (tertiary/aromatic N) is 3. The van der Waals surface area contributed by atoms with Gasteiger partial charge in [-0.2, -0.15) is 0 Å². The predicted octanol–water partition coefficient (Wildman–Crippen LogP) is 6.18. The number of aromatic nitrogens is 1. The summed E-state index contributed by atoms with van der Waals surface area (Å²) in [4.78, 5) is 14.9. The van der Waals surface area contributed by atoms with Crippen LogP contribution in [0.4, 0.5) is 8.63 Å². The minimum Gasteiger partial charge on any atom is -0.496 e. The molecule has 248 valence electrons. The van der Waals surface area contributed by atoms with Crippen LogP contribution in [0.1, 0.15) is 83.0 Å². The van der Waals surface area contributed by atoms with Crippen LogP contribution >= 0.6 is 0 Å². The molecule has 0 saturated carbocycles. The first-order valence-corrected chi connectivity index (χ1v) is 16.4. The van der Waals surface area contributed by atoms with Crippen molar-refractivity contribution < 1.29 is 27.4 Å². The molecule has 0 radical (unpaired) electrons. The van der Waals surface area contributed by atoms with Crippen molar-refractivity contribution in [3.05, 3.63) is 75.8 Å². The molecular weight excluding hydrogens is 585 g/mol. The molecule has 4 heterocycles. The van der Waals surface area contributed by atoms with Crippen molar-refractivity contribution in [3.8, 4) is 5.75 Å². The molecule has 3 aliphatic rings. The summed E-state index contributed by atoms with van der Waals surface area (Å²) in [5.74, 6) is 0.627. The van der Waals surface area contributed by atoms with Gasteiger partial charge in [0.05, 0.1) is 20.3 Å². The highest BCUT2D eigenvalue weighted by Gasteiger charge is 2.53. The lowest BCUT2D eigenvalue weighted by Gasteiger charge is -2.31. The molecule has 0 atom stereocenters. The van der Waals surface area contributed by atoms with Crippen molar-refractivity contribution >= 4 is 30.7 Å². The number of hydrogen-bond acceptors (Lipinski definition) is 4. The highest BCUT2D eigenvalue weighted by Crippen LogP contribution is 2.41.